The summed E-state index contributed by atoms with van der Waals surface area (Å²) in [7, 11) is 0. The van der Waals surface area contributed by atoms with Crippen molar-refractivity contribution in [2.75, 3.05) is 32.7 Å². The molecule has 1 amide bonds. The lowest BCUT2D eigenvalue weighted by Gasteiger charge is -2.31. The van der Waals surface area contributed by atoms with Gasteiger partial charge in [0.25, 0.3) is 0 Å². The Kier molecular flexibility index (Phi) is 8.08. The van der Waals surface area contributed by atoms with Crippen LogP contribution in [0, 0.1) is 11.8 Å². The van der Waals surface area contributed by atoms with Crippen LogP contribution in [0.3, 0.4) is 0 Å². The molecule has 0 aromatic heterocycles. The summed E-state index contributed by atoms with van der Waals surface area (Å²) in [6.45, 7) is 12.1. The van der Waals surface area contributed by atoms with Crippen LogP contribution in [0.2, 0.25) is 0 Å². The molecule has 2 fully saturated rings. The van der Waals surface area contributed by atoms with Crippen LogP contribution in [0.25, 0.3) is 0 Å². The maximum Gasteiger partial charge on any atom is 0.410 e. The molecule has 2 rings (SSSR count). The fourth-order valence-electron chi connectivity index (χ4n) is 3.19. The van der Waals surface area contributed by atoms with Gasteiger partial charge in [-0.2, -0.15) is 0 Å². The molecule has 0 bridgehead atoms. The predicted molar refractivity (Wildman–Crippen MR) is 108 cm³/mol. The van der Waals surface area contributed by atoms with Crippen molar-refractivity contribution in [3.05, 3.63) is 0 Å². The minimum atomic E-state index is -0.442. The van der Waals surface area contributed by atoms with E-state index in [4.69, 9.17) is 10.5 Å². The van der Waals surface area contributed by atoms with E-state index in [-0.39, 0.29) is 30.1 Å². The van der Waals surface area contributed by atoms with Gasteiger partial charge in [-0.15, -0.1) is 24.0 Å². The maximum atomic E-state index is 12.1. The number of aliphatic imine (C=N–C) groups is 1. The van der Waals surface area contributed by atoms with Crippen molar-refractivity contribution in [2.45, 2.75) is 52.6 Å². The minimum absolute atomic E-state index is 0. The summed E-state index contributed by atoms with van der Waals surface area (Å²) in [5.74, 6) is 1.72. The molecule has 0 aliphatic carbocycles. The van der Waals surface area contributed by atoms with Crippen molar-refractivity contribution in [1.29, 1.82) is 0 Å². The van der Waals surface area contributed by atoms with Crippen molar-refractivity contribution in [1.82, 2.24) is 9.80 Å². The molecule has 0 aromatic rings. The van der Waals surface area contributed by atoms with E-state index in [2.05, 4.69) is 16.8 Å². The number of nitrogens with two attached hydrogens (primary N) is 1. The number of nitrogens with zero attached hydrogens (tertiary/aromatic N) is 3. The first-order chi connectivity index (χ1) is 10.7. The topological polar surface area (TPSA) is 71.2 Å². The highest BCUT2D eigenvalue weighted by Crippen LogP contribution is 2.20. The molecule has 2 saturated heterocycles. The zero-order chi connectivity index (χ0) is 17.0. The molecule has 2 aliphatic rings. The van der Waals surface area contributed by atoms with Gasteiger partial charge in [-0.25, -0.2) is 4.79 Å². The smallest absolute Gasteiger partial charge is 0.410 e. The SMILES string of the molecule is CC1CCCN(C(N)=NCC2CCN(C(=O)OC(C)(C)C)C2)C1.I. The van der Waals surface area contributed by atoms with Crippen molar-refractivity contribution >= 4 is 36.0 Å². The zero-order valence-electron chi connectivity index (χ0n) is 15.5. The Morgan fingerprint density at radius 1 is 1.21 bits per heavy atom. The summed E-state index contributed by atoms with van der Waals surface area (Å²) in [4.78, 5) is 20.6. The summed E-state index contributed by atoms with van der Waals surface area (Å²) in [5.41, 5.74) is 5.70. The van der Waals surface area contributed by atoms with Gasteiger partial charge >= 0.3 is 6.09 Å². The largest absolute Gasteiger partial charge is 0.444 e. The third-order valence-electron chi connectivity index (χ3n) is 4.43. The van der Waals surface area contributed by atoms with Crippen LogP contribution < -0.4 is 5.73 Å². The Balaban J connectivity index is 0.00000288. The van der Waals surface area contributed by atoms with Crippen LogP contribution in [0.15, 0.2) is 4.99 Å². The average Bonchev–Trinajstić information content (AvgIpc) is 2.92. The molecule has 2 atom stereocenters. The summed E-state index contributed by atoms with van der Waals surface area (Å²) >= 11 is 0. The van der Waals surface area contributed by atoms with Gasteiger partial charge in [0.2, 0.25) is 0 Å². The molecule has 0 spiro atoms. The fourth-order valence-corrected chi connectivity index (χ4v) is 3.19. The lowest BCUT2D eigenvalue weighted by molar-refractivity contribution is 0.0289. The van der Waals surface area contributed by atoms with Crippen LogP contribution in [-0.2, 0) is 4.74 Å². The van der Waals surface area contributed by atoms with Crippen molar-refractivity contribution in [3.8, 4) is 0 Å². The number of amides is 1. The molecule has 2 unspecified atom stereocenters. The van der Waals surface area contributed by atoms with Gasteiger partial charge in [0.15, 0.2) is 5.96 Å². The number of hydrogen-bond donors (Lipinski definition) is 1. The lowest BCUT2D eigenvalue weighted by Crippen LogP contribution is -2.43. The van der Waals surface area contributed by atoms with Gasteiger partial charge in [-0.3, -0.25) is 4.99 Å². The molecule has 6 nitrogen and oxygen atoms in total. The molecule has 140 valence electrons. The van der Waals surface area contributed by atoms with Crippen LogP contribution in [0.1, 0.15) is 47.0 Å². The van der Waals surface area contributed by atoms with Gasteiger partial charge in [0.1, 0.15) is 5.60 Å². The summed E-state index contributed by atoms with van der Waals surface area (Å²) in [5, 5.41) is 0. The molecule has 0 aromatic carbocycles. The summed E-state index contributed by atoms with van der Waals surface area (Å²) < 4.78 is 5.42. The maximum absolute atomic E-state index is 12.1. The van der Waals surface area contributed by atoms with Crippen molar-refractivity contribution in [3.63, 3.8) is 0 Å². The van der Waals surface area contributed by atoms with E-state index in [0.29, 0.717) is 30.9 Å². The number of carbonyl (C=O) groups is 1. The second-order valence-corrected chi connectivity index (χ2v) is 7.97. The van der Waals surface area contributed by atoms with Gasteiger partial charge in [0.05, 0.1) is 0 Å². The summed E-state index contributed by atoms with van der Waals surface area (Å²) in [6, 6.07) is 0. The van der Waals surface area contributed by atoms with Gasteiger partial charge in [0, 0.05) is 32.7 Å². The Morgan fingerprint density at radius 2 is 1.92 bits per heavy atom. The molecule has 2 heterocycles. The Labute approximate surface area is 163 Å². The Morgan fingerprint density at radius 3 is 2.54 bits per heavy atom. The fraction of sp³-hybridized carbons (Fsp3) is 0.882. The van der Waals surface area contributed by atoms with Crippen LogP contribution >= 0.6 is 24.0 Å². The second kappa shape index (κ2) is 9.10. The van der Waals surface area contributed by atoms with Gasteiger partial charge in [-0.1, -0.05) is 6.92 Å². The molecule has 2 N–H and O–H groups in total. The first kappa shape index (κ1) is 21.3. The number of hydrogen-bond acceptors (Lipinski definition) is 3. The van der Waals surface area contributed by atoms with Crippen LogP contribution in [-0.4, -0.2) is 60.2 Å². The highest BCUT2D eigenvalue weighted by molar-refractivity contribution is 14.0. The highest BCUT2D eigenvalue weighted by atomic mass is 127. The molecule has 24 heavy (non-hydrogen) atoms. The van der Waals surface area contributed by atoms with Crippen LogP contribution in [0.5, 0.6) is 0 Å². The Hall–Kier alpha value is -0.730. The van der Waals surface area contributed by atoms with E-state index in [0.717, 1.165) is 26.1 Å². The number of carbonyl (C=O) groups excluding carboxylic acids is 1. The third-order valence-corrected chi connectivity index (χ3v) is 4.43. The first-order valence-corrected chi connectivity index (χ1v) is 8.77. The van der Waals surface area contributed by atoms with Crippen molar-refractivity contribution < 1.29 is 9.53 Å². The molecule has 2 aliphatic heterocycles. The first-order valence-electron chi connectivity index (χ1n) is 8.77. The van der Waals surface area contributed by atoms with E-state index >= 15 is 0 Å². The average molecular weight is 452 g/mol. The highest BCUT2D eigenvalue weighted by Gasteiger charge is 2.29. The predicted octanol–water partition coefficient (Wildman–Crippen LogP) is 2.91. The zero-order valence-corrected chi connectivity index (χ0v) is 17.8. The van der Waals surface area contributed by atoms with E-state index in [1.165, 1.54) is 12.8 Å². The normalized spacial score (nSPS) is 25.4. The summed E-state index contributed by atoms with van der Waals surface area (Å²) in [6.07, 6.45) is 3.21. The van der Waals surface area contributed by atoms with Crippen molar-refractivity contribution in [2.24, 2.45) is 22.6 Å². The lowest BCUT2D eigenvalue weighted by atomic mass is 10.0. The second-order valence-electron chi connectivity index (χ2n) is 7.97. The van der Waals surface area contributed by atoms with Gasteiger partial charge in [-0.05, 0) is 51.9 Å². The van der Waals surface area contributed by atoms with Crippen LogP contribution in [0.4, 0.5) is 4.79 Å². The number of piperidine rings is 1. The quantitative estimate of drug-likeness (QED) is 0.398. The number of guanidine groups is 1. The molecule has 7 heteroatoms. The van der Waals surface area contributed by atoms with E-state index in [1.54, 1.807) is 4.90 Å². The molecule has 0 radical (unpaired) electrons. The van der Waals surface area contributed by atoms with E-state index in [1.807, 2.05) is 20.8 Å². The molecular weight excluding hydrogens is 419 g/mol. The number of rotatable bonds is 2. The minimum Gasteiger partial charge on any atom is -0.444 e. The molecule has 0 saturated carbocycles. The van der Waals surface area contributed by atoms with Gasteiger partial charge < -0.3 is 20.3 Å². The van der Waals surface area contributed by atoms with E-state index < -0.39 is 5.60 Å². The molecular formula is C17H33IN4O2. The van der Waals surface area contributed by atoms with E-state index in [9.17, 15) is 4.79 Å². The third kappa shape index (κ3) is 6.64. The number of halogens is 1. The number of likely N-dealkylation sites (tertiary alicyclic amines) is 2. The number of ether oxygens (including phenoxy) is 1. The monoisotopic (exact) mass is 452 g/mol. The Bertz CT molecular complexity index is 450. The standard InChI is InChI=1S/C17H32N4O2.HI/c1-13-6-5-8-20(11-13)15(18)19-10-14-7-9-21(12-14)16(22)23-17(2,3)4;/h13-14H,5-12H2,1-4H3,(H2,18,19);1H.